The first kappa shape index (κ1) is 24.8. The van der Waals surface area contributed by atoms with Crippen LogP contribution < -0.4 is 14.4 Å². The molecule has 1 aliphatic carbocycles. The van der Waals surface area contributed by atoms with Gasteiger partial charge in [-0.2, -0.15) is 0 Å². The number of ether oxygens (including phenoxy) is 1. The van der Waals surface area contributed by atoms with Crippen molar-refractivity contribution in [2.75, 3.05) is 10.6 Å². The molecule has 0 aromatic heterocycles. The number of aryl methyl sites for hydroxylation is 2. The van der Waals surface area contributed by atoms with Crippen molar-refractivity contribution in [2.45, 2.75) is 51.6 Å². The van der Waals surface area contributed by atoms with Crippen LogP contribution in [0, 0.1) is 0 Å². The van der Waals surface area contributed by atoms with Gasteiger partial charge in [-0.1, -0.05) is 36.4 Å². The van der Waals surface area contributed by atoms with Gasteiger partial charge in [-0.25, -0.2) is 8.42 Å². The van der Waals surface area contributed by atoms with Gasteiger partial charge < -0.3 is 10.1 Å². The van der Waals surface area contributed by atoms with Crippen molar-refractivity contribution in [2.24, 2.45) is 0 Å². The third-order valence-electron chi connectivity index (χ3n) is 6.39. The number of fused-ring (bicyclic) bond motifs is 1. The van der Waals surface area contributed by atoms with Gasteiger partial charge in [0.2, 0.25) is 15.9 Å². The second kappa shape index (κ2) is 10.5. The Morgan fingerprint density at radius 2 is 1.51 bits per heavy atom. The minimum Gasteiger partial charge on any atom is -0.457 e. The van der Waals surface area contributed by atoms with E-state index >= 15 is 0 Å². The summed E-state index contributed by atoms with van der Waals surface area (Å²) in [4.78, 5) is 13.1. The van der Waals surface area contributed by atoms with E-state index in [-0.39, 0.29) is 11.9 Å². The fourth-order valence-corrected chi connectivity index (χ4v) is 5.71. The molecule has 0 radical (unpaired) electrons. The monoisotopic (exact) mass is 492 g/mol. The zero-order valence-corrected chi connectivity index (χ0v) is 21.2. The third kappa shape index (κ3) is 6.03. The van der Waals surface area contributed by atoms with E-state index in [1.54, 1.807) is 31.2 Å². The molecule has 4 rings (SSSR count). The molecule has 0 bridgehead atoms. The lowest BCUT2D eigenvalue weighted by atomic mass is 9.89. The molecular weight excluding hydrogens is 460 g/mol. The molecule has 0 spiro atoms. The summed E-state index contributed by atoms with van der Waals surface area (Å²) in [6, 6.07) is 21.2. The normalized spacial score (nSPS) is 14.9. The molecule has 0 saturated carbocycles. The molecule has 3 aromatic carbocycles. The Morgan fingerprint density at radius 1 is 0.886 bits per heavy atom. The molecule has 0 aliphatic heterocycles. The van der Waals surface area contributed by atoms with Crippen molar-refractivity contribution in [1.29, 1.82) is 0 Å². The lowest BCUT2D eigenvalue weighted by molar-refractivity contribution is -0.122. The van der Waals surface area contributed by atoms with E-state index < -0.39 is 16.1 Å². The van der Waals surface area contributed by atoms with Gasteiger partial charge in [0.25, 0.3) is 0 Å². The molecule has 1 aliphatic rings. The van der Waals surface area contributed by atoms with Gasteiger partial charge in [-0.3, -0.25) is 9.10 Å². The van der Waals surface area contributed by atoms with E-state index in [0.717, 1.165) is 29.0 Å². The Bertz CT molecular complexity index is 1270. The van der Waals surface area contributed by atoms with Crippen LogP contribution in [-0.4, -0.2) is 26.6 Å². The number of nitrogens with one attached hydrogen (secondary N) is 1. The number of benzene rings is 3. The predicted molar refractivity (Wildman–Crippen MR) is 139 cm³/mol. The molecule has 184 valence electrons. The predicted octanol–water partition coefficient (Wildman–Crippen LogP) is 5.39. The first-order valence-electron chi connectivity index (χ1n) is 12.0. The number of carbonyl (C=O) groups is 1. The number of anilines is 1. The van der Waals surface area contributed by atoms with Crippen molar-refractivity contribution in [1.82, 2.24) is 5.32 Å². The Kier molecular flexibility index (Phi) is 7.45. The van der Waals surface area contributed by atoms with Gasteiger partial charge in [0, 0.05) is 0 Å². The number of rotatable bonds is 8. The Hall–Kier alpha value is -3.32. The summed E-state index contributed by atoms with van der Waals surface area (Å²) < 4.78 is 32.3. The zero-order valence-electron chi connectivity index (χ0n) is 20.4. The molecule has 6 nitrogen and oxygen atoms in total. The Balaban J connectivity index is 1.48. The van der Waals surface area contributed by atoms with Gasteiger partial charge in [-0.05, 0) is 92.6 Å². The fourth-order valence-electron chi connectivity index (χ4n) is 4.53. The second-order valence-electron chi connectivity index (χ2n) is 9.11. The molecule has 1 N–H and O–H groups in total. The number of sulfonamides is 1. The van der Waals surface area contributed by atoms with Crippen molar-refractivity contribution < 1.29 is 17.9 Å². The maximum absolute atomic E-state index is 13.1. The molecule has 0 heterocycles. The van der Waals surface area contributed by atoms with E-state index in [2.05, 4.69) is 23.5 Å². The van der Waals surface area contributed by atoms with E-state index in [4.69, 9.17) is 4.74 Å². The van der Waals surface area contributed by atoms with Crippen LogP contribution in [0.25, 0.3) is 0 Å². The van der Waals surface area contributed by atoms with Crippen molar-refractivity contribution in [3.8, 4) is 11.5 Å². The first-order chi connectivity index (χ1) is 16.7. The van der Waals surface area contributed by atoms with E-state index in [1.807, 2.05) is 37.3 Å². The number of nitrogens with zero attached hydrogens (tertiary/aromatic N) is 1. The van der Waals surface area contributed by atoms with Crippen LogP contribution in [0.4, 0.5) is 5.69 Å². The summed E-state index contributed by atoms with van der Waals surface area (Å²) >= 11 is 0. The van der Waals surface area contributed by atoms with Gasteiger partial charge in [0.15, 0.2) is 0 Å². The summed E-state index contributed by atoms with van der Waals surface area (Å²) in [6.45, 7) is 3.53. The average Bonchev–Trinajstić information content (AvgIpc) is 2.84. The zero-order chi connectivity index (χ0) is 25.0. The van der Waals surface area contributed by atoms with Gasteiger partial charge in [-0.15, -0.1) is 0 Å². The average molecular weight is 493 g/mol. The highest BCUT2D eigenvalue weighted by Gasteiger charge is 2.30. The molecule has 2 atom stereocenters. The molecule has 35 heavy (non-hydrogen) atoms. The standard InChI is InChI=1S/C28H32N2O4S/c1-20(23-14-13-22-9-7-8-10-24(22)19-23)29-28(31)21(2)30(35(3,32)33)25-15-17-27(18-16-25)34-26-11-5-4-6-12-26/h4-6,11-21H,7-10H2,1-3H3,(H,29,31)/t20-,21+/m1/s1. The summed E-state index contributed by atoms with van der Waals surface area (Å²) in [7, 11) is -3.71. The van der Waals surface area contributed by atoms with Crippen LogP contribution in [-0.2, 0) is 27.7 Å². The molecule has 0 saturated heterocycles. The van der Waals surface area contributed by atoms with Crippen LogP contribution in [0.15, 0.2) is 72.8 Å². The smallest absolute Gasteiger partial charge is 0.244 e. The maximum atomic E-state index is 13.1. The van der Waals surface area contributed by atoms with E-state index in [9.17, 15) is 13.2 Å². The van der Waals surface area contributed by atoms with E-state index in [0.29, 0.717) is 17.2 Å². The van der Waals surface area contributed by atoms with Crippen LogP contribution in [0.2, 0.25) is 0 Å². The van der Waals surface area contributed by atoms with Crippen LogP contribution in [0.5, 0.6) is 11.5 Å². The quantitative estimate of drug-likeness (QED) is 0.457. The number of amides is 1. The topological polar surface area (TPSA) is 75.7 Å². The third-order valence-corrected chi connectivity index (χ3v) is 7.63. The van der Waals surface area contributed by atoms with Gasteiger partial charge in [0.1, 0.15) is 17.5 Å². The van der Waals surface area contributed by atoms with Gasteiger partial charge in [0.05, 0.1) is 18.0 Å². The Morgan fingerprint density at radius 3 is 2.17 bits per heavy atom. The summed E-state index contributed by atoms with van der Waals surface area (Å²) in [5, 5.41) is 3.00. The number of para-hydroxylation sites is 1. The van der Waals surface area contributed by atoms with Crippen LogP contribution in [0.1, 0.15) is 49.4 Å². The molecular formula is C28H32N2O4S. The summed E-state index contributed by atoms with van der Waals surface area (Å²) in [5.41, 5.74) is 4.16. The highest BCUT2D eigenvalue weighted by molar-refractivity contribution is 7.92. The summed E-state index contributed by atoms with van der Waals surface area (Å²) in [6.07, 6.45) is 5.68. The summed E-state index contributed by atoms with van der Waals surface area (Å²) in [5.74, 6) is 0.904. The van der Waals surface area contributed by atoms with Gasteiger partial charge >= 0.3 is 0 Å². The molecule has 7 heteroatoms. The lowest BCUT2D eigenvalue weighted by Crippen LogP contribution is -2.48. The molecule has 3 aromatic rings. The first-order valence-corrected chi connectivity index (χ1v) is 13.8. The fraction of sp³-hybridized carbons (Fsp3) is 0.321. The second-order valence-corrected chi connectivity index (χ2v) is 11.0. The largest absolute Gasteiger partial charge is 0.457 e. The Labute approximate surface area is 208 Å². The van der Waals surface area contributed by atoms with Crippen molar-refractivity contribution >= 4 is 21.6 Å². The molecule has 0 fully saturated rings. The SMILES string of the molecule is C[C@@H](NC(=O)[C@H](C)N(c1ccc(Oc2ccccc2)cc1)S(C)(=O)=O)c1ccc2c(c1)CCCC2. The lowest BCUT2D eigenvalue weighted by Gasteiger charge is -2.29. The van der Waals surface area contributed by atoms with Crippen molar-refractivity contribution in [3.05, 3.63) is 89.5 Å². The highest BCUT2D eigenvalue weighted by atomic mass is 32.2. The maximum Gasteiger partial charge on any atom is 0.244 e. The molecule has 1 amide bonds. The number of hydrogen-bond acceptors (Lipinski definition) is 4. The minimum absolute atomic E-state index is 0.236. The van der Waals surface area contributed by atoms with E-state index in [1.165, 1.54) is 24.0 Å². The highest BCUT2D eigenvalue weighted by Crippen LogP contribution is 2.28. The van der Waals surface area contributed by atoms with Crippen molar-refractivity contribution in [3.63, 3.8) is 0 Å². The number of hydrogen-bond donors (Lipinski definition) is 1. The van der Waals surface area contributed by atoms with Crippen LogP contribution >= 0.6 is 0 Å². The molecule has 0 unspecified atom stereocenters. The number of carbonyl (C=O) groups excluding carboxylic acids is 1. The van der Waals surface area contributed by atoms with Crippen LogP contribution in [0.3, 0.4) is 0 Å². The minimum atomic E-state index is -3.71.